The van der Waals surface area contributed by atoms with Gasteiger partial charge in [-0.25, -0.2) is 0 Å². The monoisotopic (exact) mass is 728 g/mol. The number of phenolic OH excluding ortho intramolecular Hbond substituents is 1. The van der Waals surface area contributed by atoms with E-state index in [2.05, 4.69) is 39.2 Å². The molecule has 1 aromatic carbocycles. The van der Waals surface area contributed by atoms with Gasteiger partial charge in [-0.2, -0.15) is 12.6 Å². The zero-order valence-corrected chi connectivity index (χ0v) is 28.5. The summed E-state index contributed by atoms with van der Waals surface area (Å²) in [6, 6.07) is -1.90. The maximum atomic E-state index is 13.7. The molecule has 0 aromatic heterocycles. The Morgan fingerprint density at radius 3 is 2.08 bits per heavy atom. The Morgan fingerprint density at radius 1 is 0.918 bits per heavy atom. The summed E-state index contributed by atoms with van der Waals surface area (Å²) < 4.78 is 0. The molecule has 20 heteroatoms. The van der Waals surface area contributed by atoms with Crippen LogP contribution in [0.2, 0.25) is 0 Å². The summed E-state index contributed by atoms with van der Waals surface area (Å²) in [4.78, 5) is 90.2. The van der Waals surface area contributed by atoms with Gasteiger partial charge >= 0.3 is 0 Å². The summed E-state index contributed by atoms with van der Waals surface area (Å²) in [5.41, 5.74) is 11.4. The number of thioether (sulfide) groups is 1. The van der Waals surface area contributed by atoms with Crippen LogP contribution in [0.3, 0.4) is 0 Å². The number of nitrogens with zero attached hydrogens (tertiary/aromatic N) is 1. The van der Waals surface area contributed by atoms with Crippen molar-refractivity contribution in [2.24, 2.45) is 11.5 Å². The molecule has 1 saturated heterocycles. The van der Waals surface area contributed by atoms with E-state index >= 15 is 0 Å². The zero-order valence-electron chi connectivity index (χ0n) is 26.8. The second kappa shape index (κ2) is 20.4. The number of likely N-dealkylation sites (tertiary alicyclic amines) is 1. The van der Waals surface area contributed by atoms with E-state index in [9.17, 15) is 48.9 Å². The lowest BCUT2D eigenvalue weighted by Crippen LogP contribution is -2.60. The number of carbonyl (C=O) groups excluding carboxylic acids is 7. The molecule has 18 nitrogen and oxygen atoms in total. The van der Waals surface area contributed by atoms with Gasteiger partial charge in [0.15, 0.2) is 0 Å². The lowest BCUT2D eigenvalue weighted by atomic mass is 10.0. The van der Waals surface area contributed by atoms with Gasteiger partial charge in [-0.15, -0.1) is 11.8 Å². The number of phenols is 1. The SMILES string of the molecule is CC(=O)NCSC[C@H](NC(=O)C1CCCN1C(=O)[C@H](CO)NC(=O)[C@@H](N)CS)C(=O)N[C@@H](Cc1ccc(O)cc1)C(=O)N[C@@H](CO)C(N)=O. The van der Waals surface area contributed by atoms with Crippen molar-refractivity contribution in [2.75, 3.05) is 37.1 Å². The molecule has 0 bridgehead atoms. The molecule has 49 heavy (non-hydrogen) atoms. The molecule has 1 aliphatic rings. The first-order chi connectivity index (χ1) is 23.2. The van der Waals surface area contributed by atoms with Crippen LogP contribution >= 0.6 is 24.4 Å². The van der Waals surface area contributed by atoms with Crippen LogP contribution in [0.5, 0.6) is 5.75 Å². The standard InChI is InChI=1S/C29H44N8O10S2/c1-15(40)32-14-49-13-22(36-28(46)23-3-2-8-37(23)29(47)21(11-39)35-25(43)18(30)12-48)27(45)33-19(9-16-4-6-17(41)7-5-16)26(44)34-20(10-38)24(31)42/h4-7,18-23,38-39,41,48H,2-3,8-14,30H2,1H3,(H2,31,42)(H,32,40)(H,33,45)(H,34,44)(H,35,43)(H,36,46)/t18-,19-,20-,21-,22-,23?/m0/s1. The third-order valence-electron chi connectivity index (χ3n) is 7.36. The van der Waals surface area contributed by atoms with Gasteiger partial charge in [0.1, 0.15) is 36.0 Å². The van der Waals surface area contributed by atoms with E-state index in [0.717, 1.165) is 11.8 Å². The summed E-state index contributed by atoms with van der Waals surface area (Å²) in [7, 11) is 0. The fourth-order valence-corrected chi connectivity index (χ4v) is 5.72. The first-order valence-electron chi connectivity index (χ1n) is 15.2. The van der Waals surface area contributed by atoms with Crippen LogP contribution < -0.4 is 38.1 Å². The van der Waals surface area contributed by atoms with E-state index in [-0.39, 0.29) is 48.4 Å². The fourth-order valence-electron chi connectivity index (χ4n) is 4.66. The number of nitrogens with two attached hydrogens (primary N) is 2. The van der Waals surface area contributed by atoms with Gasteiger partial charge in [-0.3, -0.25) is 33.6 Å². The summed E-state index contributed by atoms with van der Waals surface area (Å²) in [5, 5.41) is 41.3. The highest BCUT2D eigenvalue weighted by atomic mass is 32.2. The number of hydrogen-bond acceptors (Lipinski definition) is 13. The van der Waals surface area contributed by atoms with Crippen LogP contribution in [0, 0.1) is 0 Å². The molecule has 1 aliphatic heterocycles. The molecule has 1 fully saturated rings. The van der Waals surface area contributed by atoms with Crippen molar-refractivity contribution >= 4 is 65.7 Å². The average Bonchev–Trinajstić information content (AvgIpc) is 3.57. The Morgan fingerprint density at radius 2 is 1.51 bits per heavy atom. The summed E-state index contributed by atoms with van der Waals surface area (Å²) in [5.74, 6) is -5.33. The molecule has 7 amide bonds. The lowest BCUT2D eigenvalue weighted by Gasteiger charge is -2.30. The maximum Gasteiger partial charge on any atom is 0.248 e. The number of hydrogen-bond donors (Lipinski definition) is 11. The number of aromatic hydroxyl groups is 1. The molecular weight excluding hydrogens is 684 g/mol. The van der Waals surface area contributed by atoms with Gasteiger partial charge in [0, 0.05) is 31.4 Å². The van der Waals surface area contributed by atoms with Gasteiger partial charge in [0.2, 0.25) is 41.4 Å². The normalized spacial score (nSPS) is 17.1. The molecule has 6 atom stereocenters. The van der Waals surface area contributed by atoms with Crippen molar-refractivity contribution < 1.29 is 48.9 Å². The maximum absolute atomic E-state index is 13.7. The van der Waals surface area contributed by atoms with E-state index in [4.69, 9.17) is 11.5 Å². The number of rotatable bonds is 19. The number of carbonyl (C=O) groups is 7. The third-order valence-corrected chi connectivity index (χ3v) is 8.67. The molecule has 1 heterocycles. The molecule has 0 saturated carbocycles. The summed E-state index contributed by atoms with van der Waals surface area (Å²) in [6.45, 7) is -0.156. The molecule has 1 aromatic rings. The third kappa shape index (κ3) is 13.0. The Bertz CT molecular complexity index is 1340. The topological polar surface area (TPSA) is 296 Å². The Kier molecular flexibility index (Phi) is 17.1. The number of thiol groups is 1. The largest absolute Gasteiger partial charge is 0.508 e. The second-order valence-corrected chi connectivity index (χ2v) is 12.5. The highest BCUT2D eigenvalue weighted by molar-refractivity contribution is 7.99. The molecule has 0 radical (unpaired) electrons. The van der Waals surface area contributed by atoms with Gasteiger partial charge < -0.3 is 58.3 Å². The van der Waals surface area contributed by atoms with Gasteiger partial charge in [0.05, 0.1) is 25.1 Å². The zero-order chi connectivity index (χ0) is 36.7. The van der Waals surface area contributed by atoms with Gasteiger partial charge in [-0.05, 0) is 30.5 Å². The Balaban J connectivity index is 2.30. The van der Waals surface area contributed by atoms with Crippen LogP contribution in [0.25, 0.3) is 0 Å². The number of amides is 7. The van der Waals surface area contributed by atoms with Crippen LogP contribution in [0.1, 0.15) is 25.3 Å². The fraction of sp³-hybridized carbons (Fsp3) is 0.552. The van der Waals surface area contributed by atoms with Crippen LogP contribution in [0.4, 0.5) is 0 Å². The summed E-state index contributed by atoms with van der Waals surface area (Å²) in [6.07, 6.45) is 0.472. The van der Waals surface area contributed by atoms with Crippen molar-refractivity contribution in [3.63, 3.8) is 0 Å². The van der Waals surface area contributed by atoms with Crippen LogP contribution in [0.15, 0.2) is 24.3 Å². The van der Waals surface area contributed by atoms with Gasteiger partial charge in [0.25, 0.3) is 0 Å². The van der Waals surface area contributed by atoms with Crippen molar-refractivity contribution in [3.05, 3.63) is 29.8 Å². The van der Waals surface area contributed by atoms with Crippen molar-refractivity contribution in [1.29, 1.82) is 0 Å². The summed E-state index contributed by atoms with van der Waals surface area (Å²) >= 11 is 5.03. The lowest BCUT2D eigenvalue weighted by molar-refractivity contribution is -0.143. The molecule has 1 unspecified atom stereocenters. The van der Waals surface area contributed by atoms with E-state index in [1.54, 1.807) is 0 Å². The average molecular weight is 729 g/mol. The minimum Gasteiger partial charge on any atom is -0.508 e. The molecular formula is C29H44N8O10S2. The van der Waals surface area contributed by atoms with Crippen molar-refractivity contribution in [2.45, 2.75) is 62.4 Å². The van der Waals surface area contributed by atoms with E-state index < -0.39 is 84.9 Å². The quantitative estimate of drug-likeness (QED) is 0.0365. The molecule has 272 valence electrons. The molecule has 0 aliphatic carbocycles. The van der Waals surface area contributed by atoms with E-state index in [1.807, 2.05) is 0 Å². The number of aliphatic hydroxyl groups excluding tert-OH is 2. The van der Waals surface area contributed by atoms with Crippen molar-refractivity contribution in [3.8, 4) is 5.75 Å². The predicted molar refractivity (Wildman–Crippen MR) is 181 cm³/mol. The number of aliphatic hydroxyl groups is 2. The van der Waals surface area contributed by atoms with Crippen molar-refractivity contribution in [1.82, 2.24) is 31.5 Å². The highest BCUT2D eigenvalue weighted by Gasteiger charge is 2.39. The smallest absolute Gasteiger partial charge is 0.248 e. The van der Waals surface area contributed by atoms with Crippen LogP contribution in [-0.2, 0) is 40.0 Å². The number of primary amides is 1. The second-order valence-electron chi connectivity index (χ2n) is 11.1. The molecule has 12 N–H and O–H groups in total. The predicted octanol–water partition coefficient (Wildman–Crippen LogP) is -4.58. The molecule has 0 spiro atoms. The number of benzene rings is 1. The van der Waals surface area contributed by atoms with E-state index in [0.29, 0.717) is 12.0 Å². The van der Waals surface area contributed by atoms with E-state index in [1.165, 1.54) is 36.1 Å². The van der Waals surface area contributed by atoms with Crippen LogP contribution in [-0.4, -0.2) is 135 Å². The Hall–Kier alpha value is -4.11. The first kappa shape index (κ1) is 41.1. The van der Waals surface area contributed by atoms with Gasteiger partial charge in [-0.1, -0.05) is 12.1 Å². The highest BCUT2D eigenvalue weighted by Crippen LogP contribution is 2.19. The molecule has 2 rings (SSSR count). The number of nitrogens with one attached hydrogen (secondary N) is 5. The first-order valence-corrected chi connectivity index (χ1v) is 17.0. The minimum absolute atomic E-state index is 0.0130. The minimum atomic E-state index is -1.46. The Labute approximate surface area is 292 Å².